The van der Waals surface area contributed by atoms with E-state index in [0.29, 0.717) is 18.5 Å². The lowest BCUT2D eigenvalue weighted by Crippen LogP contribution is -2.18. The molecule has 0 aliphatic heterocycles. The number of carbonyl (C=O) groups excluding carboxylic acids is 1. The summed E-state index contributed by atoms with van der Waals surface area (Å²) in [5, 5.41) is 12.8. The second-order valence-corrected chi connectivity index (χ2v) is 6.93. The van der Waals surface area contributed by atoms with E-state index in [2.05, 4.69) is 26.1 Å². The van der Waals surface area contributed by atoms with Gasteiger partial charge in [-0.25, -0.2) is 4.39 Å². The molecule has 0 atom stereocenters. The van der Waals surface area contributed by atoms with Crippen LogP contribution in [0.2, 0.25) is 0 Å². The maximum absolute atomic E-state index is 14.4. The fraction of sp³-hybridized carbons (Fsp3) is 0.389. The maximum atomic E-state index is 14.4. The number of nitrogens with one attached hydrogen (secondary N) is 1. The summed E-state index contributed by atoms with van der Waals surface area (Å²) >= 11 is 0. The minimum atomic E-state index is -0.468. The minimum absolute atomic E-state index is 0.0128. The van der Waals surface area contributed by atoms with Gasteiger partial charge < -0.3 is 15.0 Å². The van der Waals surface area contributed by atoms with Crippen LogP contribution in [0, 0.1) is 5.82 Å². The van der Waals surface area contributed by atoms with E-state index in [4.69, 9.17) is 0 Å². The van der Waals surface area contributed by atoms with Crippen molar-refractivity contribution < 1.29 is 14.3 Å². The molecule has 0 saturated heterocycles. The lowest BCUT2D eigenvalue weighted by atomic mass is 9.92. The summed E-state index contributed by atoms with van der Waals surface area (Å²) in [6.07, 6.45) is 2.48. The monoisotopic (exact) mass is 316 g/mol. The van der Waals surface area contributed by atoms with Crippen molar-refractivity contribution in [1.29, 1.82) is 0 Å². The van der Waals surface area contributed by atoms with E-state index < -0.39 is 5.82 Å². The molecule has 1 aliphatic rings. The molecule has 0 unspecified atom stereocenters. The van der Waals surface area contributed by atoms with E-state index in [1.54, 1.807) is 12.1 Å². The van der Waals surface area contributed by atoms with Crippen molar-refractivity contribution in [2.45, 2.75) is 39.2 Å². The van der Waals surface area contributed by atoms with Crippen LogP contribution in [0.1, 0.15) is 32.9 Å². The fourth-order valence-electron chi connectivity index (χ4n) is 2.78. The number of hydrogen-bond donors (Lipinski definition) is 2. The first-order valence-electron chi connectivity index (χ1n) is 7.76. The molecule has 3 rings (SSSR count). The van der Waals surface area contributed by atoms with Gasteiger partial charge >= 0.3 is 0 Å². The van der Waals surface area contributed by atoms with Crippen molar-refractivity contribution in [1.82, 2.24) is 4.57 Å². The van der Waals surface area contributed by atoms with Crippen molar-refractivity contribution in [3.05, 3.63) is 41.4 Å². The van der Waals surface area contributed by atoms with Crippen molar-refractivity contribution >= 4 is 22.5 Å². The molecule has 4 nitrogen and oxygen atoms in total. The standard InChI is InChI=1S/C18H21FN2O2/c1-18(2,3)16-9-12-8-14(20-17(23)11-4-5-11)13(19)10-15(12)21(16)6-7-22/h4,8-10,22H,5-7H2,1-3H3,(H,20,23). The first kappa shape index (κ1) is 15.7. The van der Waals surface area contributed by atoms with E-state index in [1.165, 1.54) is 6.07 Å². The second kappa shape index (κ2) is 5.49. The molecule has 0 bridgehead atoms. The van der Waals surface area contributed by atoms with Gasteiger partial charge in [-0.05, 0) is 18.6 Å². The summed E-state index contributed by atoms with van der Waals surface area (Å²) in [4.78, 5) is 11.8. The van der Waals surface area contributed by atoms with Crippen molar-refractivity contribution in [2.24, 2.45) is 0 Å². The number of aliphatic hydroxyl groups is 1. The predicted octanol–water partition coefficient (Wildman–Crippen LogP) is 3.34. The van der Waals surface area contributed by atoms with E-state index in [0.717, 1.165) is 16.6 Å². The fourth-order valence-corrected chi connectivity index (χ4v) is 2.78. The highest BCUT2D eigenvalue weighted by molar-refractivity contribution is 6.07. The molecular formula is C18H21FN2O2. The molecule has 0 spiro atoms. The molecule has 1 heterocycles. The number of aliphatic hydroxyl groups excluding tert-OH is 1. The third-order valence-electron chi connectivity index (χ3n) is 4.03. The zero-order valence-corrected chi connectivity index (χ0v) is 13.6. The highest BCUT2D eigenvalue weighted by Crippen LogP contribution is 2.32. The highest BCUT2D eigenvalue weighted by Gasteiger charge is 2.23. The van der Waals surface area contributed by atoms with Gasteiger partial charge in [-0.1, -0.05) is 26.8 Å². The van der Waals surface area contributed by atoms with Crippen molar-refractivity contribution in [2.75, 3.05) is 11.9 Å². The van der Waals surface area contributed by atoms with E-state index in [9.17, 15) is 14.3 Å². The number of rotatable bonds is 4. The third-order valence-corrected chi connectivity index (χ3v) is 4.03. The Labute approximate surface area is 134 Å². The number of aromatic nitrogens is 1. The van der Waals surface area contributed by atoms with Crippen LogP contribution in [0.5, 0.6) is 0 Å². The topological polar surface area (TPSA) is 54.3 Å². The molecule has 5 heteroatoms. The Balaban J connectivity index is 2.08. The lowest BCUT2D eigenvalue weighted by Gasteiger charge is -2.21. The van der Waals surface area contributed by atoms with Gasteiger partial charge in [0.05, 0.1) is 17.8 Å². The molecule has 1 aromatic heterocycles. The normalized spacial score (nSPS) is 14.0. The Kier molecular flexibility index (Phi) is 3.76. The molecule has 1 aliphatic carbocycles. The zero-order chi connectivity index (χ0) is 16.8. The molecule has 0 fully saturated rings. The lowest BCUT2D eigenvalue weighted by molar-refractivity contribution is -0.112. The number of hydrogen-bond acceptors (Lipinski definition) is 2. The van der Waals surface area contributed by atoms with Gasteiger partial charge in [0.1, 0.15) is 5.82 Å². The SMILES string of the molecule is CC(C)(C)c1cc2cc(NC(=O)C3=CC3)c(F)cc2n1CCO. The van der Waals surface area contributed by atoms with Crippen LogP contribution in [-0.4, -0.2) is 22.2 Å². The van der Waals surface area contributed by atoms with Gasteiger partial charge in [0, 0.05) is 34.7 Å². The number of halogens is 1. The van der Waals surface area contributed by atoms with Crippen LogP contribution < -0.4 is 5.32 Å². The largest absolute Gasteiger partial charge is 0.395 e. The van der Waals surface area contributed by atoms with Gasteiger partial charge in [0.2, 0.25) is 0 Å². The summed E-state index contributed by atoms with van der Waals surface area (Å²) in [6.45, 7) is 6.63. The average Bonchev–Trinajstić information content (AvgIpc) is 3.24. The first-order valence-corrected chi connectivity index (χ1v) is 7.76. The molecule has 0 radical (unpaired) electrons. The number of allylic oxidation sites excluding steroid dienone is 1. The number of benzene rings is 1. The van der Waals surface area contributed by atoms with Gasteiger partial charge in [0.25, 0.3) is 5.91 Å². The molecular weight excluding hydrogens is 295 g/mol. The Hall–Kier alpha value is -2.14. The Bertz CT molecular complexity index is 813. The average molecular weight is 316 g/mol. The second-order valence-electron chi connectivity index (χ2n) is 6.93. The van der Waals surface area contributed by atoms with Crippen LogP contribution in [0.4, 0.5) is 10.1 Å². The van der Waals surface area contributed by atoms with E-state index in [-0.39, 0.29) is 23.6 Å². The molecule has 2 N–H and O–H groups in total. The number of anilines is 1. The van der Waals surface area contributed by atoms with Gasteiger partial charge in [0.15, 0.2) is 0 Å². The molecule has 23 heavy (non-hydrogen) atoms. The number of amides is 1. The summed E-state index contributed by atoms with van der Waals surface area (Å²) in [5.74, 6) is -0.709. The number of carbonyl (C=O) groups is 1. The molecule has 1 amide bonds. The maximum Gasteiger partial charge on any atom is 0.251 e. The van der Waals surface area contributed by atoms with Crippen LogP contribution >= 0.6 is 0 Å². The van der Waals surface area contributed by atoms with Gasteiger partial charge in [-0.15, -0.1) is 0 Å². The molecule has 1 aromatic carbocycles. The van der Waals surface area contributed by atoms with Crippen LogP contribution in [0.3, 0.4) is 0 Å². The van der Waals surface area contributed by atoms with E-state index >= 15 is 0 Å². The van der Waals surface area contributed by atoms with Gasteiger partial charge in [-0.3, -0.25) is 4.79 Å². The molecule has 122 valence electrons. The summed E-state index contributed by atoms with van der Waals surface area (Å²) in [7, 11) is 0. The first-order chi connectivity index (χ1) is 10.8. The van der Waals surface area contributed by atoms with Crippen LogP contribution in [-0.2, 0) is 16.8 Å². The smallest absolute Gasteiger partial charge is 0.251 e. The van der Waals surface area contributed by atoms with Gasteiger partial charge in [-0.2, -0.15) is 0 Å². The van der Waals surface area contributed by atoms with Crippen LogP contribution in [0.15, 0.2) is 29.8 Å². The molecule has 0 saturated carbocycles. The quantitative estimate of drug-likeness (QED) is 0.909. The third kappa shape index (κ3) is 3.01. The highest BCUT2D eigenvalue weighted by atomic mass is 19.1. The Morgan fingerprint density at radius 1 is 1.35 bits per heavy atom. The van der Waals surface area contributed by atoms with Crippen molar-refractivity contribution in [3.8, 4) is 0 Å². The number of fused-ring (bicyclic) bond motifs is 1. The Morgan fingerprint density at radius 3 is 2.61 bits per heavy atom. The predicted molar refractivity (Wildman–Crippen MR) is 89.0 cm³/mol. The molecule has 2 aromatic rings. The minimum Gasteiger partial charge on any atom is -0.395 e. The van der Waals surface area contributed by atoms with Crippen LogP contribution in [0.25, 0.3) is 10.9 Å². The summed E-state index contributed by atoms with van der Waals surface area (Å²) in [5.41, 5.74) is 2.50. The van der Waals surface area contributed by atoms with E-state index in [1.807, 2.05) is 10.6 Å². The zero-order valence-electron chi connectivity index (χ0n) is 13.6. The summed E-state index contributed by atoms with van der Waals surface area (Å²) in [6, 6.07) is 5.09. The van der Waals surface area contributed by atoms with Crippen molar-refractivity contribution in [3.63, 3.8) is 0 Å². The number of nitrogens with zero attached hydrogens (tertiary/aromatic N) is 1. The summed E-state index contributed by atoms with van der Waals surface area (Å²) < 4.78 is 16.3. The Morgan fingerprint density at radius 2 is 2.04 bits per heavy atom.